The first-order valence-electron chi connectivity index (χ1n) is 5.48. The van der Waals surface area contributed by atoms with Crippen LogP contribution in [0.3, 0.4) is 0 Å². The molecule has 18 heavy (non-hydrogen) atoms. The van der Waals surface area contributed by atoms with Gasteiger partial charge in [0.2, 0.25) is 0 Å². The summed E-state index contributed by atoms with van der Waals surface area (Å²) in [4.78, 5) is 4.13. The molecule has 5 nitrogen and oxygen atoms in total. The highest BCUT2D eigenvalue weighted by atomic mass is 79.9. The molecule has 0 saturated carbocycles. The van der Waals surface area contributed by atoms with E-state index >= 15 is 0 Å². The number of hydrogen-bond acceptors (Lipinski definition) is 3. The molecule has 2 aromatic heterocycles. The average molecular weight is 308 g/mol. The van der Waals surface area contributed by atoms with Gasteiger partial charge in [0, 0.05) is 11.8 Å². The SMILES string of the molecule is Cc1nn(Cc2cccnc2C(=N)N)c(C)c1Br. The third-order valence-electron chi connectivity index (χ3n) is 2.76. The molecule has 6 heteroatoms. The summed E-state index contributed by atoms with van der Waals surface area (Å²) in [6, 6.07) is 3.75. The standard InChI is InChI=1S/C12H14BrN5/c1-7-10(13)8(2)18(17-7)6-9-4-3-5-16-11(9)12(14)15/h3-5H,6H2,1-2H3,(H3,14,15). The summed E-state index contributed by atoms with van der Waals surface area (Å²) in [6.07, 6.45) is 1.64. The quantitative estimate of drug-likeness (QED) is 0.672. The minimum Gasteiger partial charge on any atom is -0.382 e. The Morgan fingerprint density at radius 1 is 1.50 bits per heavy atom. The van der Waals surface area contributed by atoms with Crippen LogP contribution < -0.4 is 5.73 Å². The van der Waals surface area contributed by atoms with Crippen LogP contribution in [0.15, 0.2) is 22.8 Å². The third kappa shape index (κ3) is 2.28. The first-order chi connectivity index (χ1) is 8.50. The monoisotopic (exact) mass is 307 g/mol. The van der Waals surface area contributed by atoms with Crippen LogP contribution in [0.5, 0.6) is 0 Å². The average Bonchev–Trinajstić information content (AvgIpc) is 2.57. The van der Waals surface area contributed by atoms with Gasteiger partial charge in [-0.2, -0.15) is 5.10 Å². The Balaban J connectivity index is 2.40. The van der Waals surface area contributed by atoms with Gasteiger partial charge in [-0.05, 0) is 35.8 Å². The molecule has 2 heterocycles. The predicted molar refractivity (Wildman–Crippen MR) is 73.8 cm³/mol. The summed E-state index contributed by atoms with van der Waals surface area (Å²) in [5, 5.41) is 12.0. The summed E-state index contributed by atoms with van der Waals surface area (Å²) in [5.41, 5.74) is 8.92. The van der Waals surface area contributed by atoms with E-state index in [9.17, 15) is 0 Å². The van der Waals surface area contributed by atoms with E-state index in [2.05, 4.69) is 26.0 Å². The van der Waals surface area contributed by atoms with E-state index < -0.39 is 0 Å². The molecule has 0 aliphatic rings. The fraction of sp³-hybridized carbons (Fsp3) is 0.250. The van der Waals surface area contributed by atoms with Crippen molar-refractivity contribution in [3.63, 3.8) is 0 Å². The minimum atomic E-state index is -0.0220. The number of nitrogens with one attached hydrogen (secondary N) is 1. The zero-order chi connectivity index (χ0) is 13.3. The van der Waals surface area contributed by atoms with E-state index in [0.29, 0.717) is 12.2 Å². The van der Waals surface area contributed by atoms with Crippen LogP contribution in [-0.2, 0) is 6.54 Å². The van der Waals surface area contributed by atoms with Crippen LogP contribution >= 0.6 is 15.9 Å². The van der Waals surface area contributed by atoms with Crippen molar-refractivity contribution >= 4 is 21.8 Å². The number of nitrogens with two attached hydrogens (primary N) is 1. The molecule has 0 atom stereocenters. The molecule has 0 unspecified atom stereocenters. The number of amidine groups is 1. The lowest BCUT2D eigenvalue weighted by molar-refractivity contribution is 0.656. The lowest BCUT2D eigenvalue weighted by atomic mass is 10.2. The fourth-order valence-electron chi connectivity index (χ4n) is 1.80. The highest BCUT2D eigenvalue weighted by Crippen LogP contribution is 2.21. The van der Waals surface area contributed by atoms with Crippen molar-refractivity contribution < 1.29 is 0 Å². The van der Waals surface area contributed by atoms with Crippen LogP contribution in [-0.4, -0.2) is 20.6 Å². The molecular weight excluding hydrogens is 294 g/mol. The Labute approximate surface area is 114 Å². The van der Waals surface area contributed by atoms with Gasteiger partial charge in [-0.25, -0.2) is 0 Å². The number of pyridine rings is 1. The molecule has 94 valence electrons. The summed E-state index contributed by atoms with van der Waals surface area (Å²) >= 11 is 3.49. The number of rotatable bonds is 3. The molecule has 0 fully saturated rings. The van der Waals surface area contributed by atoms with Gasteiger partial charge in [0.05, 0.1) is 22.4 Å². The number of nitrogen functional groups attached to an aromatic ring is 1. The maximum atomic E-state index is 7.52. The van der Waals surface area contributed by atoms with Crippen LogP contribution in [0.4, 0.5) is 0 Å². The Morgan fingerprint density at radius 2 is 2.22 bits per heavy atom. The summed E-state index contributed by atoms with van der Waals surface area (Å²) in [5.74, 6) is -0.0220. The Hall–Kier alpha value is -1.69. The van der Waals surface area contributed by atoms with Gasteiger partial charge in [0.15, 0.2) is 0 Å². The Bertz CT molecular complexity index is 603. The van der Waals surface area contributed by atoms with Crippen molar-refractivity contribution in [3.8, 4) is 0 Å². The molecule has 0 aromatic carbocycles. The van der Waals surface area contributed by atoms with Crippen molar-refractivity contribution in [2.75, 3.05) is 0 Å². The van der Waals surface area contributed by atoms with Crippen molar-refractivity contribution in [1.29, 1.82) is 5.41 Å². The molecule has 0 saturated heterocycles. The minimum absolute atomic E-state index is 0.0220. The maximum Gasteiger partial charge on any atom is 0.142 e. The van der Waals surface area contributed by atoms with Gasteiger partial charge in [-0.3, -0.25) is 15.1 Å². The number of halogens is 1. The maximum absolute atomic E-state index is 7.52. The largest absolute Gasteiger partial charge is 0.382 e. The second-order valence-corrected chi connectivity index (χ2v) is 4.86. The van der Waals surface area contributed by atoms with E-state index in [-0.39, 0.29) is 5.84 Å². The predicted octanol–water partition coefficient (Wildman–Crippen LogP) is 1.99. The van der Waals surface area contributed by atoms with E-state index in [0.717, 1.165) is 21.4 Å². The van der Waals surface area contributed by atoms with Crippen molar-refractivity contribution in [1.82, 2.24) is 14.8 Å². The summed E-state index contributed by atoms with van der Waals surface area (Å²) in [7, 11) is 0. The molecule has 0 aliphatic heterocycles. The Morgan fingerprint density at radius 3 is 2.78 bits per heavy atom. The molecule has 2 aromatic rings. The van der Waals surface area contributed by atoms with Gasteiger partial charge in [-0.15, -0.1) is 0 Å². The van der Waals surface area contributed by atoms with E-state index in [4.69, 9.17) is 11.1 Å². The molecule has 0 radical (unpaired) electrons. The van der Waals surface area contributed by atoms with Gasteiger partial charge < -0.3 is 5.73 Å². The first kappa shape index (κ1) is 12.8. The zero-order valence-corrected chi connectivity index (χ0v) is 11.8. The molecule has 0 spiro atoms. The van der Waals surface area contributed by atoms with Crippen LogP contribution in [0.1, 0.15) is 22.6 Å². The Kier molecular flexibility index (Phi) is 3.47. The molecule has 3 N–H and O–H groups in total. The van der Waals surface area contributed by atoms with Crippen molar-refractivity contribution in [2.45, 2.75) is 20.4 Å². The highest BCUT2D eigenvalue weighted by molar-refractivity contribution is 9.10. The molecule has 0 bridgehead atoms. The number of hydrogen-bond donors (Lipinski definition) is 2. The third-order valence-corrected chi connectivity index (χ3v) is 3.91. The van der Waals surface area contributed by atoms with Gasteiger partial charge in [0.1, 0.15) is 11.5 Å². The van der Waals surface area contributed by atoms with E-state index in [1.165, 1.54) is 0 Å². The van der Waals surface area contributed by atoms with Crippen molar-refractivity contribution in [3.05, 3.63) is 45.4 Å². The van der Waals surface area contributed by atoms with Gasteiger partial charge in [-0.1, -0.05) is 6.07 Å². The molecule has 0 aliphatic carbocycles. The van der Waals surface area contributed by atoms with Crippen LogP contribution in [0, 0.1) is 19.3 Å². The number of aryl methyl sites for hydroxylation is 1. The summed E-state index contributed by atoms with van der Waals surface area (Å²) < 4.78 is 2.89. The van der Waals surface area contributed by atoms with Gasteiger partial charge in [0.25, 0.3) is 0 Å². The second-order valence-electron chi connectivity index (χ2n) is 4.07. The lowest BCUT2D eigenvalue weighted by Crippen LogP contribution is -2.17. The lowest BCUT2D eigenvalue weighted by Gasteiger charge is -2.08. The van der Waals surface area contributed by atoms with Gasteiger partial charge >= 0.3 is 0 Å². The normalized spacial score (nSPS) is 10.6. The number of nitrogens with zero attached hydrogens (tertiary/aromatic N) is 3. The first-order valence-corrected chi connectivity index (χ1v) is 6.27. The number of aromatic nitrogens is 3. The van der Waals surface area contributed by atoms with E-state index in [1.54, 1.807) is 6.20 Å². The molecule has 0 amide bonds. The van der Waals surface area contributed by atoms with Crippen molar-refractivity contribution in [2.24, 2.45) is 5.73 Å². The summed E-state index contributed by atoms with van der Waals surface area (Å²) in [6.45, 7) is 4.50. The molecule has 2 rings (SSSR count). The highest BCUT2D eigenvalue weighted by Gasteiger charge is 2.12. The fourth-order valence-corrected chi connectivity index (χ4v) is 2.08. The van der Waals surface area contributed by atoms with Crippen LogP contribution in [0.25, 0.3) is 0 Å². The molecular formula is C12H14BrN5. The smallest absolute Gasteiger partial charge is 0.142 e. The van der Waals surface area contributed by atoms with Crippen LogP contribution in [0.2, 0.25) is 0 Å². The zero-order valence-electron chi connectivity index (χ0n) is 10.2. The second kappa shape index (κ2) is 4.89. The van der Waals surface area contributed by atoms with E-state index in [1.807, 2.05) is 30.7 Å². The topological polar surface area (TPSA) is 80.6 Å².